The van der Waals surface area contributed by atoms with Gasteiger partial charge in [-0.15, -0.1) is 0 Å². The molecular formula is C8H15NO3. The largest absolute Gasteiger partial charge is 0.453 e. The van der Waals surface area contributed by atoms with Crippen LogP contribution in [0.15, 0.2) is 0 Å². The van der Waals surface area contributed by atoms with Gasteiger partial charge in [0, 0.05) is 0 Å². The summed E-state index contributed by atoms with van der Waals surface area (Å²) in [5.41, 5.74) is -0.282. The molecule has 0 heterocycles. The van der Waals surface area contributed by atoms with E-state index in [-0.39, 0.29) is 5.41 Å². The summed E-state index contributed by atoms with van der Waals surface area (Å²) < 4.78 is 4.37. The Morgan fingerprint density at radius 2 is 2.00 bits per heavy atom. The molecule has 0 fully saturated rings. The fourth-order valence-corrected chi connectivity index (χ4v) is 0.641. The van der Waals surface area contributed by atoms with Crippen LogP contribution in [-0.2, 0) is 9.53 Å². The lowest BCUT2D eigenvalue weighted by molar-refractivity contribution is -0.111. The van der Waals surface area contributed by atoms with Crippen LogP contribution in [0.4, 0.5) is 4.79 Å². The molecule has 0 bridgehead atoms. The summed E-state index contributed by atoms with van der Waals surface area (Å²) >= 11 is 0. The second-order valence-electron chi connectivity index (χ2n) is 3.62. The zero-order chi connectivity index (χ0) is 9.78. The minimum absolute atomic E-state index is 0.282. The molecule has 1 N–H and O–H groups in total. The molecule has 0 aliphatic rings. The van der Waals surface area contributed by atoms with Crippen molar-refractivity contribution in [2.75, 3.05) is 7.11 Å². The van der Waals surface area contributed by atoms with Crippen LogP contribution in [0, 0.1) is 5.41 Å². The molecule has 0 aliphatic heterocycles. The predicted octanol–water partition coefficient (Wildman–Crippen LogP) is 0.956. The molecule has 0 aromatic carbocycles. The van der Waals surface area contributed by atoms with Gasteiger partial charge < -0.3 is 14.8 Å². The van der Waals surface area contributed by atoms with Crippen molar-refractivity contribution in [3.05, 3.63) is 0 Å². The minimum Gasteiger partial charge on any atom is -0.453 e. The maximum atomic E-state index is 10.7. The van der Waals surface area contributed by atoms with Gasteiger partial charge in [-0.1, -0.05) is 20.8 Å². The number of amides is 1. The summed E-state index contributed by atoms with van der Waals surface area (Å²) in [7, 11) is 1.26. The molecule has 1 amide bonds. The summed E-state index contributed by atoms with van der Waals surface area (Å²) in [6.45, 7) is 5.59. The maximum absolute atomic E-state index is 10.7. The van der Waals surface area contributed by atoms with E-state index in [2.05, 4.69) is 10.1 Å². The first kappa shape index (κ1) is 10.9. The Hall–Kier alpha value is -1.06. The summed E-state index contributed by atoms with van der Waals surface area (Å²) in [6, 6.07) is -0.509. The molecular weight excluding hydrogens is 158 g/mol. The van der Waals surface area contributed by atoms with Crippen LogP contribution in [-0.4, -0.2) is 25.5 Å². The van der Waals surface area contributed by atoms with Crippen LogP contribution in [0.1, 0.15) is 20.8 Å². The lowest BCUT2D eigenvalue weighted by Gasteiger charge is -2.25. The monoisotopic (exact) mass is 173 g/mol. The van der Waals surface area contributed by atoms with Crippen LogP contribution in [0.5, 0.6) is 0 Å². The van der Waals surface area contributed by atoms with Crippen molar-refractivity contribution in [3.8, 4) is 0 Å². The normalized spacial score (nSPS) is 13.3. The third-order valence-electron chi connectivity index (χ3n) is 1.53. The zero-order valence-corrected chi connectivity index (χ0v) is 7.88. The number of ether oxygens (including phenoxy) is 1. The Morgan fingerprint density at radius 1 is 1.50 bits per heavy atom. The molecule has 0 aliphatic carbocycles. The van der Waals surface area contributed by atoms with Crippen molar-refractivity contribution in [3.63, 3.8) is 0 Å². The number of rotatable bonds is 2. The maximum Gasteiger partial charge on any atom is 0.407 e. The molecule has 0 saturated heterocycles. The highest BCUT2D eigenvalue weighted by Crippen LogP contribution is 2.17. The van der Waals surface area contributed by atoms with E-state index in [1.807, 2.05) is 20.8 Å². The van der Waals surface area contributed by atoms with Crippen molar-refractivity contribution in [1.29, 1.82) is 0 Å². The SMILES string of the molecule is COC(=O)N[C@H](C=O)C(C)(C)C. The minimum atomic E-state index is -0.581. The van der Waals surface area contributed by atoms with Crippen LogP contribution in [0.2, 0.25) is 0 Å². The molecule has 4 nitrogen and oxygen atoms in total. The molecule has 0 aromatic rings. The molecule has 4 heteroatoms. The Morgan fingerprint density at radius 3 is 2.25 bits per heavy atom. The molecule has 70 valence electrons. The van der Waals surface area contributed by atoms with Gasteiger partial charge in [-0.2, -0.15) is 0 Å². The summed E-state index contributed by atoms with van der Waals surface area (Å²) in [6.07, 6.45) is 0.124. The van der Waals surface area contributed by atoms with Gasteiger partial charge in [0.15, 0.2) is 0 Å². The van der Waals surface area contributed by atoms with E-state index in [1.54, 1.807) is 0 Å². The number of alkyl carbamates (subject to hydrolysis) is 1. The Labute approximate surface area is 72.3 Å². The van der Waals surface area contributed by atoms with Crippen LogP contribution in [0.3, 0.4) is 0 Å². The number of methoxy groups -OCH3 is 1. The molecule has 1 atom stereocenters. The van der Waals surface area contributed by atoms with Crippen molar-refractivity contribution in [2.45, 2.75) is 26.8 Å². The van der Waals surface area contributed by atoms with Crippen molar-refractivity contribution in [1.82, 2.24) is 5.32 Å². The molecule has 0 saturated carbocycles. The average molecular weight is 173 g/mol. The number of carbonyl (C=O) groups excluding carboxylic acids is 2. The Balaban J connectivity index is 4.19. The van der Waals surface area contributed by atoms with Crippen molar-refractivity contribution < 1.29 is 14.3 Å². The second kappa shape index (κ2) is 4.09. The molecule has 0 unspecified atom stereocenters. The molecule has 12 heavy (non-hydrogen) atoms. The van der Waals surface area contributed by atoms with Gasteiger partial charge >= 0.3 is 6.09 Å². The first-order valence-electron chi connectivity index (χ1n) is 3.71. The summed E-state index contributed by atoms with van der Waals surface area (Å²) in [4.78, 5) is 21.3. The molecule has 0 spiro atoms. The van der Waals surface area contributed by atoms with E-state index in [4.69, 9.17) is 0 Å². The third kappa shape index (κ3) is 3.37. The van der Waals surface area contributed by atoms with E-state index >= 15 is 0 Å². The van der Waals surface area contributed by atoms with Crippen LogP contribution >= 0.6 is 0 Å². The van der Waals surface area contributed by atoms with Gasteiger partial charge in [-0.25, -0.2) is 4.79 Å². The highest BCUT2D eigenvalue weighted by molar-refractivity contribution is 5.73. The Bertz CT molecular complexity index is 172. The van der Waals surface area contributed by atoms with E-state index in [0.717, 1.165) is 0 Å². The van der Waals surface area contributed by atoms with E-state index in [0.29, 0.717) is 6.29 Å². The van der Waals surface area contributed by atoms with E-state index in [9.17, 15) is 9.59 Å². The van der Waals surface area contributed by atoms with Crippen molar-refractivity contribution in [2.24, 2.45) is 5.41 Å². The number of hydrogen-bond acceptors (Lipinski definition) is 3. The third-order valence-corrected chi connectivity index (χ3v) is 1.53. The van der Waals surface area contributed by atoms with Gasteiger partial charge in [-0.3, -0.25) is 0 Å². The van der Waals surface area contributed by atoms with Gasteiger partial charge in [0.1, 0.15) is 6.29 Å². The first-order chi connectivity index (χ1) is 5.41. The van der Waals surface area contributed by atoms with Gasteiger partial charge in [0.25, 0.3) is 0 Å². The zero-order valence-electron chi connectivity index (χ0n) is 7.88. The molecule has 0 rings (SSSR count). The highest BCUT2D eigenvalue weighted by Gasteiger charge is 2.25. The van der Waals surface area contributed by atoms with Crippen molar-refractivity contribution >= 4 is 12.4 Å². The van der Waals surface area contributed by atoms with E-state index < -0.39 is 12.1 Å². The smallest absolute Gasteiger partial charge is 0.407 e. The van der Waals surface area contributed by atoms with Gasteiger partial charge in [0.05, 0.1) is 13.2 Å². The number of nitrogens with one attached hydrogen (secondary N) is 1. The predicted molar refractivity (Wildman–Crippen MR) is 44.8 cm³/mol. The fourth-order valence-electron chi connectivity index (χ4n) is 0.641. The topological polar surface area (TPSA) is 55.4 Å². The van der Waals surface area contributed by atoms with Gasteiger partial charge in [0.2, 0.25) is 0 Å². The summed E-state index contributed by atoms with van der Waals surface area (Å²) in [5.74, 6) is 0. The Kier molecular flexibility index (Phi) is 3.73. The average Bonchev–Trinajstić information content (AvgIpc) is 1.97. The second-order valence-corrected chi connectivity index (χ2v) is 3.62. The standard InChI is InChI=1S/C8H15NO3/c1-8(2,3)6(5-10)9-7(11)12-4/h5-6H,1-4H3,(H,9,11)/t6-/m1/s1. The first-order valence-corrected chi connectivity index (χ1v) is 3.71. The molecule has 0 aromatic heterocycles. The van der Waals surface area contributed by atoms with Crippen LogP contribution in [0.25, 0.3) is 0 Å². The molecule has 0 radical (unpaired) electrons. The number of carbonyl (C=O) groups is 2. The lowest BCUT2D eigenvalue weighted by atomic mass is 9.88. The lowest BCUT2D eigenvalue weighted by Crippen LogP contribution is -2.44. The summed E-state index contributed by atoms with van der Waals surface area (Å²) in [5, 5.41) is 2.43. The van der Waals surface area contributed by atoms with E-state index in [1.165, 1.54) is 7.11 Å². The van der Waals surface area contributed by atoms with Gasteiger partial charge in [-0.05, 0) is 5.41 Å². The number of aldehydes is 1. The quantitative estimate of drug-likeness (QED) is 0.633. The van der Waals surface area contributed by atoms with Crippen LogP contribution < -0.4 is 5.32 Å². The number of hydrogen-bond donors (Lipinski definition) is 1. The fraction of sp³-hybridized carbons (Fsp3) is 0.750. The highest BCUT2D eigenvalue weighted by atomic mass is 16.5.